The zero-order valence-corrected chi connectivity index (χ0v) is 9.43. The zero-order chi connectivity index (χ0) is 12.4. The van der Waals surface area contributed by atoms with Crippen LogP contribution in [0.15, 0.2) is 10.5 Å². The van der Waals surface area contributed by atoms with Crippen LogP contribution in [0.5, 0.6) is 0 Å². The largest absolute Gasteiger partial charge is 0.449 e. The smallest absolute Gasteiger partial charge is 0.310 e. The Balaban J connectivity index is 2.19. The third-order valence-electron chi connectivity index (χ3n) is 2.70. The Labute approximate surface area is 97.5 Å². The van der Waals surface area contributed by atoms with Crippen LogP contribution < -0.4 is 5.32 Å². The van der Waals surface area contributed by atoms with E-state index in [4.69, 9.17) is 4.42 Å². The van der Waals surface area contributed by atoms with Gasteiger partial charge in [0.25, 0.3) is 5.91 Å². The molecule has 7 nitrogen and oxygen atoms in total. The van der Waals surface area contributed by atoms with Crippen molar-refractivity contribution in [3.8, 4) is 0 Å². The van der Waals surface area contributed by atoms with Crippen LogP contribution in [0.2, 0.25) is 0 Å². The normalized spacial score (nSPS) is 15.9. The molecule has 1 aromatic rings. The lowest BCUT2D eigenvalue weighted by Gasteiger charge is -2.26. The molecule has 1 N–H and O–H groups in total. The zero-order valence-electron chi connectivity index (χ0n) is 9.43. The fourth-order valence-electron chi connectivity index (χ4n) is 1.78. The van der Waals surface area contributed by atoms with Crippen LogP contribution >= 0.6 is 0 Å². The summed E-state index contributed by atoms with van der Waals surface area (Å²) in [6.45, 7) is 4.12. The number of carbonyl (C=O) groups excluding carboxylic acids is 1. The number of piperazine rings is 1. The summed E-state index contributed by atoms with van der Waals surface area (Å²) in [6, 6.07) is 1.19. The Bertz CT molecular complexity index is 448. The van der Waals surface area contributed by atoms with Crippen LogP contribution in [-0.4, -0.2) is 41.9 Å². The summed E-state index contributed by atoms with van der Waals surface area (Å²) in [5.74, 6) is -0.0905. The first-order valence-electron chi connectivity index (χ1n) is 5.34. The lowest BCUT2D eigenvalue weighted by atomic mass is 10.3. The van der Waals surface area contributed by atoms with Gasteiger partial charge in [0.2, 0.25) is 0 Å². The van der Waals surface area contributed by atoms with Crippen molar-refractivity contribution in [3.63, 3.8) is 0 Å². The molecule has 1 amide bonds. The van der Waals surface area contributed by atoms with Gasteiger partial charge in [0, 0.05) is 33.1 Å². The van der Waals surface area contributed by atoms with Crippen molar-refractivity contribution in [2.75, 3.05) is 26.2 Å². The molecule has 7 heteroatoms. The molecule has 17 heavy (non-hydrogen) atoms. The third-order valence-corrected chi connectivity index (χ3v) is 2.70. The Hall–Kier alpha value is -1.89. The number of hydrogen-bond acceptors (Lipinski definition) is 5. The highest BCUT2D eigenvalue weighted by atomic mass is 16.6. The highest BCUT2D eigenvalue weighted by Crippen LogP contribution is 2.23. The highest BCUT2D eigenvalue weighted by molar-refractivity contribution is 5.92. The van der Waals surface area contributed by atoms with Crippen molar-refractivity contribution in [2.24, 2.45) is 0 Å². The van der Waals surface area contributed by atoms with Gasteiger partial charge in [0.1, 0.15) is 0 Å². The summed E-state index contributed by atoms with van der Waals surface area (Å²) >= 11 is 0. The number of nitrogens with zero attached hydrogens (tertiary/aromatic N) is 2. The predicted molar refractivity (Wildman–Crippen MR) is 58.9 cm³/mol. The first-order valence-corrected chi connectivity index (χ1v) is 5.34. The van der Waals surface area contributed by atoms with Crippen molar-refractivity contribution in [1.29, 1.82) is 0 Å². The first kappa shape index (κ1) is 11.6. The Morgan fingerprint density at radius 1 is 1.53 bits per heavy atom. The molecule has 0 bridgehead atoms. The molecule has 1 aliphatic heterocycles. The number of nitro groups is 1. The minimum absolute atomic E-state index is 0.0381. The molecule has 2 heterocycles. The molecular weight excluding hydrogens is 226 g/mol. The molecule has 2 rings (SSSR count). The van der Waals surface area contributed by atoms with E-state index < -0.39 is 4.92 Å². The average molecular weight is 239 g/mol. The lowest BCUT2D eigenvalue weighted by molar-refractivity contribution is -0.385. The molecule has 0 radical (unpaired) electrons. The molecule has 92 valence electrons. The predicted octanol–water partition coefficient (Wildman–Crippen LogP) is 0.542. The molecule has 0 spiro atoms. The number of nitrogens with one attached hydrogen (secondary N) is 1. The Morgan fingerprint density at radius 2 is 2.18 bits per heavy atom. The summed E-state index contributed by atoms with van der Waals surface area (Å²) in [4.78, 5) is 23.7. The summed E-state index contributed by atoms with van der Waals surface area (Å²) < 4.78 is 5.14. The Morgan fingerprint density at radius 3 is 2.71 bits per heavy atom. The van der Waals surface area contributed by atoms with Gasteiger partial charge in [-0.25, -0.2) is 0 Å². The van der Waals surface area contributed by atoms with Crippen molar-refractivity contribution in [3.05, 3.63) is 27.7 Å². The van der Waals surface area contributed by atoms with E-state index in [1.54, 1.807) is 4.90 Å². The average Bonchev–Trinajstić information content (AvgIpc) is 2.71. The second kappa shape index (κ2) is 4.54. The van der Waals surface area contributed by atoms with Crippen molar-refractivity contribution in [2.45, 2.75) is 6.92 Å². The van der Waals surface area contributed by atoms with Gasteiger partial charge in [-0.1, -0.05) is 0 Å². The molecule has 0 aromatic carbocycles. The molecule has 0 aliphatic carbocycles. The molecule has 0 atom stereocenters. The van der Waals surface area contributed by atoms with E-state index in [-0.39, 0.29) is 23.1 Å². The number of carbonyl (C=O) groups is 1. The van der Waals surface area contributed by atoms with Gasteiger partial charge >= 0.3 is 5.69 Å². The highest BCUT2D eigenvalue weighted by Gasteiger charge is 2.25. The quantitative estimate of drug-likeness (QED) is 0.601. The van der Waals surface area contributed by atoms with E-state index >= 15 is 0 Å². The van der Waals surface area contributed by atoms with E-state index in [1.165, 1.54) is 13.0 Å². The van der Waals surface area contributed by atoms with E-state index in [0.29, 0.717) is 13.1 Å². The minimum Gasteiger partial charge on any atom is -0.449 e. The molecule has 1 aromatic heterocycles. The molecule has 0 unspecified atom stereocenters. The van der Waals surface area contributed by atoms with Crippen LogP contribution in [0, 0.1) is 17.0 Å². The number of amides is 1. The molecule has 1 aliphatic rings. The van der Waals surface area contributed by atoms with Crippen molar-refractivity contribution in [1.82, 2.24) is 10.2 Å². The van der Waals surface area contributed by atoms with Crippen molar-refractivity contribution >= 4 is 11.6 Å². The lowest BCUT2D eigenvalue weighted by Crippen LogP contribution is -2.46. The van der Waals surface area contributed by atoms with E-state index in [2.05, 4.69) is 5.32 Å². The van der Waals surface area contributed by atoms with Gasteiger partial charge in [-0.2, -0.15) is 0 Å². The van der Waals surface area contributed by atoms with Crippen LogP contribution in [0.3, 0.4) is 0 Å². The second-order valence-corrected chi connectivity index (χ2v) is 3.85. The second-order valence-electron chi connectivity index (χ2n) is 3.85. The standard InChI is InChI=1S/C10H13N3O4/c1-7-8(13(15)16)6-9(17-7)10(14)12-4-2-11-3-5-12/h6,11H,2-5H2,1H3. The summed E-state index contributed by atoms with van der Waals surface area (Å²) in [5.41, 5.74) is -0.150. The van der Waals surface area contributed by atoms with Crippen LogP contribution in [-0.2, 0) is 0 Å². The fourth-order valence-corrected chi connectivity index (χ4v) is 1.78. The summed E-state index contributed by atoms with van der Waals surface area (Å²) in [7, 11) is 0. The maximum Gasteiger partial charge on any atom is 0.310 e. The SMILES string of the molecule is Cc1oc(C(=O)N2CCNCC2)cc1[N+](=O)[O-]. The molecular formula is C10H13N3O4. The molecule has 1 fully saturated rings. The number of aryl methyl sites for hydroxylation is 1. The molecule has 0 saturated carbocycles. The minimum atomic E-state index is -0.548. The van der Waals surface area contributed by atoms with Gasteiger partial charge in [-0.15, -0.1) is 0 Å². The fraction of sp³-hybridized carbons (Fsp3) is 0.500. The van der Waals surface area contributed by atoms with Gasteiger partial charge in [-0.3, -0.25) is 14.9 Å². The first-order chi connectivity index (χ1) is 8.09. The van der Waals surface area contributed by atoms with Gasteiger partial charge in [0.05, 0.1) is 11.0 Å². The maximum absolute atomic E-state index is 12.0. The van der Waals surface area contributed by atoms with E-state index in [0.717, 1.165) is 13.1 Å². The van der Waals surface area contributed by atoms with E-state index in [1.807, 2.05) is 0 Å². The van der Waals surface area contributed by atoms with Crippen molar-refractivity contribution < 1.29 is 14.1 Å². The topological polar surface area (TPSA) is 88.6 Å². The van der Waals surface area contributed by atoms with Crippen LogP contribution in [0.25, 0.3) is 0 Å². The number of hydrogen-bond donors (Lipinski definition) is 1. The van der Waals surface area contributed by atoms with Crippen LogP contribution in [0.4, 0.5) is 5.69 Å². The van der Waals surface area contributed by atoms with Crippen LogP contribution in [0.1, 0.15) is 16.3 Å². The van der Waals surface area contributed by atoms with Gasteiger partial charge in [0.15, 0.2) is 11.5 Å². The summed E-state index contributed by atoms with van der Waals surface area (Å²) in [6.07, 6.45) is 0. The summed E-state index contributed by atoms with van der Waals surface area (Å²) in [5, 5.41) is 13.8. The molecule has 1 saturated heterocycles. The number of rotatable bonds is 2. The van der Waals surface area contributed by atoms with E-state index in [9.17, 15) is 14.9 Å². The monoisotopic (exact) mass is 239 g/mol. The Kier molecular flexibility index (Phi) is 3.10. The van der Waals surface area contributed by atoms with Gasteiger partial charge in [-0.05, 0) is 0 Å². The van der Waals surface area contributed by atoms with Gasteiger partial charge < -0.3 is 14.6 Å². The third kappa shape index (κ3) is 2.28. The maximum atomic E-state index is 12.0. The number of furan rings is 1.